The lowest BCUT2D eigenvalue weighted by Gasteiger charge is -2.21. The van der Waals surface area contributed by atoms with Gasteiger partial charge in [0.15, 0.2) is 0 Å². The zero-order chi connectivity index (χ0) is 14.6. The van der Waals surface area contributed by atoms with E-state index >= 15 is 0 Å². The summed E-state index contributed by atoms with van der Waals surface area (Å²) in [6.45, 7) is 5.43. The second-order valence-electron chi connectivity index (χ2n) is 4.36. The molecule has 1 aliphatic carbocycles. The van der Waals surface area contributed by atoms with E-state index in [4.69, 9.17) is 5.73 Å². The second kappa shape index (κ2) is 5.82. The molecule has 0 bridgehead atoms. The molecule has 0 amide bonds. The molecule has 0 fully saturated rings. The average Bonchev–Trinajstić information content (AvgIpc) is 2.26. The Kier molecular flexibility index (Phi) is 4.64. The highest BCUT2D eigenvalue weighted by atomic mass is 19.4. The van der Waals surface area contributed by atoms with Crippen molar-refractivity contribution in [3.63, 3.8) is 0 Å². The first-order valence-corrected chi connectivity index (χ1v) is 5.69. The van der Waals surface area contributed by atoms with Crippen LogP contribution < -0.4 is 5.73 Å². The molecule has 0 aromatic carbocycles. The molecule has 19 heavy (non-hydrogen) atoms. The summed E-state index contributed by atoms with van der Waals surface area (Å²) < 4.78 is 37.7. The van der Waals surface area contributed by atoms with Crippen LogP contribution in [0.15, 0.2) is 59.6 Å². The van der Waals surface area contributed by atoms with Crippen LogP contribution in [0.5, 0.6) is 0 Å². The number of rotatable bonds is 3. The molecule has 0 aromatic rings. The molecule has 0 spiro atoms. The molecular weight excluding hydrogens is 255 g/mol. The van der Waals surface area contributed by atoms with Crippen LogP contribution >= 0.6 is 0 Å². The summed E-state index contributed by atoms with van der Waals surface area (Å²) in [5.74, 6) is -2.04. The van der Waals surface area contributed by atoms with E-state index in [0.29, 0.717) is 16.7 Å². The number of aliphatic hydroxyl groups is 1. The van der Waals surface area contributed by atoms with Crippen molar-refractivity contribution in [3.05, 3.63) is 59.6 Å². The molecule has 1 aliphatic rings. The van der Waals surface area contributed by atoms with Gasteiger partial charge < -0.3 is 10.8 Å². The zero-order valence-corrected chi connectivity index (χ0v) is 10.5. The molecule has 0 heterocycles. The molecule has 1 atom stereocenters. The van der Waals surface area contributed by atoms with E-state index in [9.17, 15) is 18.3 Å². The van der Waals surface area contributed by atoms with Gasteiger partial charge in [-0.3, -0.25) is 0 Å². The molecule has 0 aromatic heterocycles. The van der Waals surface area contributed by atoms with Gasteiger partial charge in [0, 0.05) is 5.57 Å². The van der Waals surface area contributed by atoms with Gasteiger partial charge in [0.25, 0.3) is 0 Å². The lowest BCUT2D eigenvalue weighted by atomic mass is 9.90. The number of allylic oxidation sites excluding steroid dienone is 6. The number of nitrogens with two attached hydrogens (primary N) is 1. The highest BCUT2D eigenvalue weighted by Gasteiger charge is 2.39. The van der Waals surface area contributed by atoms with Crippen LogP contribution in [0, 0.1) is 5.92 Å². The molecule has 0 saturated heterocycles. The van der Waals surface area contributed by atoms with Crippen molar-refractivity contribution in [3.8, 4) is 0 Å². The molecule has 1 unspecified atom stereocenters. The van der Waals surface area contributed by atoms with E-state index in [-0.39, 0.29) is 12.2 Å². The third-order valence-corrected chi connectivity index (χ3v) is 2.62. The summed E-state index contributed by atoms with van der Waals surface area (Å²) in [5.41, 5.74) is 6.87. The average molecular weight is 271 g/mol. The van der Waals surface area contributed by atoms with Crippen LogP contribution in [0.25, 0.3) is 0 Å². The van der Waals surface area contributed by atoms with E-state index in [2.05, 4.69) is 6.58 Å². The number of halogens is 3. The molecule has 0 radical (unpaired) electrons. The van der Waals surface area contributed by atoms with E-state index in [1.165, 1.54) is 18.4 Å². The number of alkyl halides is 3. The Balaban J connectivity index is 3.08. The summed E-state index contributed by atoms with van der Waals surface area (Å²) >= 11 is 0. The fraction of sp³-hybridized carbons (Fsp3) is 0.286. The summed E-state index contributed by atoms with van der Waals surface area (Å²) in [5, 5.41) is 9.76. The Morgan fingerprint density at radius 3 is 2.58 bits per heavy atom. The van der Waals surface area contributed by atoms with Gasteiger partial charge in [-0.05, 0) is 37.3 Å². The predicted octanol–water partition coefficient (Wildman–Crippen LogP) is 3.91. The minimum atomic E-state index is -4.35. The van der Waals surface area contributed by atoms with Gasteiger partial charge in [0.05, 0.1) is 5.92 Å². The molecule has 3 N–H and O–H groups in total. The maximum atomic E-state index is 12.6. The maximum Gasteiger partial charge on any atom is 0.395 e. The quantitative estimate of drug-likeness (QED) is 0.764. The fourth-order valence-corrected chi connectivity index (χ4v) is 1.78. The monoisotopic (exact) mass is 271 g/mol. The standard InChI is InChI=1S/C14H16F3NO/c1-9(2)7-10(5-6-18)12-4-3-11(8-13(12)19)14(15,16)17/h4-8,11,19H,1,3,18H2,2H3/b6-5-,10-7+. The number of aliphatic hydroxyl groups excluding tert-OH is 1. The molecule has 104 valence electrons. The van der Waals surface area contributed by atoms with Crippen LogP contribution in [-0.4, -0.2) is 11.3 Å². The largest absolute Gasteiger partial charge is 0.508 e. The van der Waals surface area contributed by atoms with Crippen molar-refractivity contribution in [2.24, 2.45) is 11.7 Å². The maximum absolute atomic E-state index is 12.6. The van der Waals surface area contributed by atoms with Gasteiger partial charge >= 0.3 is 6.18 Å². The third kappa shape index (κ3) is 4.05. The first kappa shape index (κ1) is 15.1. The van der Waals surface area contributed by atoms with Crippen LogP contribution in [0.2, 0.25) is 0 Å². The Labute approximate surface area is 110 Å². The van der Waals surface area contributed by atoms with Crippen LogP contribution in [0.4, 0.5) is 13.2 Å². The number of hydrogen-bond acceptors (Lipinski definition) is 2. The normalized spacial score (nSPS) is 21.3. The Bertz CT molecular complexity index is 481. The van der Waals surface area contributed by atoms with E-state index < -0.39 is 12.1 Å². The summed E-state index contributed by atoms with van der Waals surface area (Å²) in [7, 11) is 0. The van der Waals surface area contributed by atoms with E-state index in [1.807, 2.05) is 0 Å². The minimum Gasteiger partial charge on any atom is -0.508 e. The molecule has 0 saturated carbocycles. The second-order valence-corrected chi connectivity index (χ2v) is 4.36. The van der Waals surface area contributed by atoms with Crippen LogP contribution in [0.1, 0.15) is 13.3 Å². The summed E-state index contributed by atoms with van der Waals surface area (Å²) in [6.07, 6.45) is 2.06. The molecular formula is C14H16F3NO. The van der Waals surface area contributed by atoms with Crippen molar-refractivity contribution < 1.29 is 18.3 Å². The number of hydrogen-bond donors (Lipinski definition) is 2. The van der Waals surface area contributed by atoms with Gasteiger partial charge in [-0.25, -0.2) is 0 Å². The smallest absolute Gasteiger partial charge is 0.395 e. The SMILES string of the molecule is C=C(C)/C=C(\C=C/N)C1=CCC(C(F)(F)F)C=C1O. The topological polar surface area (TPSA) is 46.2 Å². The molecule has 5 heteroatoms. The van der Waals surface area contributed by atoms with Crippen molar-refractivity contribution in [2.45, 2.75) is 19.5 Å². The minimum absolute atomic E-state index is 0.200. The van der Waals surface area contributed by atoms with Crippen molar-refractivity contribution in [1.82, 2.24) is 0 Å². The lowest BCUT2D eigenvalue weighted by molar-refractivity contribution is -0.161. The van der Waals surface area contributed by atoms with Crippen molar-refractivity contribution in [2.75, 3.05) is 0 Å². The predicted molar refractivity (Wildman–Crippen MR) is 69.2 cm³/mol. The summed E-state index contributed by atoms with van der Waals surface area (Å²) in [4.78, 5) is 0. The highest BCUT2D eigenvalue weighted by Crippen LogP contribution is 2.36. The van der Waals surface area contributed by atoms with Gasteiger partial charge in [-0.2, -0.15) is 13.2 Å². The van der Waals surface area contributed by atoms with Gasteiger partial charge in [-0.1, -0.05) is 24.3 Å². The van der Waals surface area contributed by atoms with E-state index in [1.54, 1.807) is 13.0 Å². The third-order valence-electron chi connectivity index (χ3n) is 2.62. The Morgan fingerprint density at radius 1 is 1.53 bits per heavy atom. The molecule has 2 nitrogen and oxygen atoms in total. The first-order valence-electron chi connectivity index (χ1n) is 5.69. The highest BCUT2D eigenvalue weighted by molar-refractivity contribution is 5.52. The van der Waals surface area contributed by atoms with Gasteiger partial charge in [-0.15, -0.1) is 0 Å². The van der Waals surface area contributed by atoms with Gasteiger partial charge in [0.1, 0.15) is 5.76 Å². The van der Waals surface area contributed by atoms with Crippen molar-refractivity contribution in [1.29, 1.82) is 0 Å². The zero-order valence-electron chi connectivity index (χ0n) is 10.5. The van der Waals surface area contributed by atoms with Crippen LogP contribution in [0.3, 0.4) is 0 Å². The summed E-state index contributed by atoms with van der Waals surface area (Å²) in [6, 6.07) is 0. The van der Waals surface area contributed by atoms with Crippen LogP contribution in [-0.2, 0) is 0 Å². The van der Waals surface area contributed by atoms with Gasteiger partial charge in [0.2, 0.25) is 0 Å². The first-order chi connectivity index (χ1) is 8.75. The van der Waals surface area contributed by atoms with Crippen molar-refractivity contribution >= 4 is 0 Å². The van der Waals surface area contributed by atoms with E-state index in [0.717, 1.165) is 6.08 Å². The molecule has 0 aliphatic heterocycles. The Morgan fingerprint density at radius 2 is 2.16 bits per heavy atom. The fourth-order valence-electron chi connectivity index (χ4n) is 1.78. The molecule has 1 rings (SSSR count). The Hall–Kier alpha value is -1.91. The lowest BCUT2D eigenvalue weighted by Crippen LogP contribution is -2.23.